The summed E-state index contributed by atoms with van der Waals surface area (Å²) in [7, 11) is -4.02. The normalized spacial score (nSPS) is 11.0. The molecule has 2 N–H and O–H groups in total. The van der Waals surface area contributed by atoms with Crippen LogP contribution in [0.15, 0.2) is 58.9 Å². The van der Waals surface area contributed by atoms with Crippen molar-refractivity contribution in [1.82, 2.24) is 4.98 Å². The van der Waals surface area contributed by atoms with E-state index in [1.807, 2.05) is 0 Å². The second-order valence-corrected chi connectivity index (χ2v) is 8.26. The molecule has 144 valence electrons. The minimum Gasteiger partial charge on any atom is -0.298 e. The molecule has 1 aromatic heterocycles. The van der Waals surface area contributed by atoms with Gasteiger partial charge in [-0.05, 0) is 37.3 Å². The van der Waals surface area contributed by atoms with Crippen molar-refractivity contribution in [2.75, 3.05) is 10.0 Å². The van der Waals surface area contributed by atoms with Crippen molar-refractivity contribution in [2.45, 2.75) is 11.8 Å². The smallest absolute Gasteiger partial charge is 0.273 e. The number of hydrogen-bond acceptors (Lipinski definition) is 7. The van der Waals surface area contributed by atoms with E-state index in [0.717, 1.165) is 6.07 Å². The predicted octanol–water partition coefficient (Wildman–Crippen LogP) is 3.41. The van der Waals surface area contributed by atoms with Gasteiger partial charge in [0.25, 0.3) is 21.6 Å². The number of benzene rings is 2. The molecule has 0 aliphatic carbocycles. The first-order valence-corrected chi connectivity index (χ1v) is 10.2. The van der Waals surface area contributed by atoms with Gasteiger partial charge in [-0.1, -0.05) is 6.07 Å². The van der Waals surface area contributed by atoms with Crippen molar-refractivity contribution < 1.29 is 18.1 Å². The maximum atomic E-state index is 12.5. The SMILES string of the molecule is Cc1ccc(S(=O)(=O)Nc2ccc(C(=O)Nc3nccs3)cc2)cc1[N+](=O)[O-]. The number of sulfonamides is 1. The molecule has 0 bridgehead atoms. The van der Waals surface area contributed by atoms with Crippen LogP contribution in [0.1, 0.15) is 15.9 Å². The summed E-state index contributed by atoms with van der Waals surface area (Å²) in [5.74, 6) is -0.376. The quantitative estimate of drug-likeness (QED) is 0.466. The molecule has 1 heterocycles. The minimum atomic E-state index is -4.02. The molecule has 28 heavy (non-hydrogen) atoms. The lowest BCUT2D eigenvalue weighted by atomic mass is 10.2. The number of hydrogen-bond donors (Lipinski definition) is 2. The summed E-state index contributed by atoms with van der Waals surface area (Å²) < 4.78 is 27.3. The third kappa shape index (κ3) is 4.32. The second-order valence-electron chi connectivity index (χ2n) is 5.68. The van der Waals surface area contributed by atoms with Crippen molar-refractivity contribution in [3.05, 3.63) is 75.3 Å². The number of nitro groups is 1. The van der Waals surface area contributed by atoms with Crippen LogP contribution in [0.3, 0.4) is 0 Å². The van der Waals surface area contributed by atoms with E-state index in [2.05, 4.69) is 15.0 Å². The summed E-state index contributed by atoms with van der Waals surface area (Å²) in [6, 6.07) is 9.44. The van der Waals surface area contributed by atoms with E-state index in [0.29, 0.717) is 16.3 Å². The van der Waals surface area contributed by atoms with E-state index in [-0.39, 0.29) is 22.2 Å². The van der Waals surface area contributed by atoms with Crippen LogP contribution in [0.4, 0.5) is 16.5 Å². The Morgan fingerprint density at radius 3 is 2.50 bits per heavy atom. The zero-order valence-electron chi connectivity index (χ0n) is 14.4. The summed E-state index contributed by atoms with van der Waals surface area (Å²) in [5, 5.41) is 15.8. The van der Waals surface area contributed by atoms with Crippen molar-refractivity contribution >= 4 is 43.8 Å². The van der Waals surface area contributed by atoms with Gasteiger partial charge < -0.3 is 0 Å². The average Bonchev–Trinajstić information content (AvgIpc) is 3.15. The fourth-order valence-corrected chi connectivity index (χ4v) is 3.91. The molecule has 1 amide bonds. The van der Waals surface area contributed by atoms with Crippen molar-refractivity contribution in [3.63, 3.8) is 0 Å². The summed E-state index contributed by atoms with van der Waals surface area (Å²) in [6.07, 6.45) is 1.56. The minimum absolute atomic E-state index is 0.217. The monoisotopic (exact) mass is 418 g/mol. The number of nitrogens with zero attached hydrogens (tertiary/aromatic N) is 2. The van der Waals surface area contributed by atoms with Crippen molar-refractivity contribution in [3.8, 4) is 0 Å². The molecule has 0 spiro atoms. The number of nitro benzene ring substituents is 1. The van der Waals surface area contributed by atoms with Crippen LogP contribution in [-0.2, 0) is 10.0 Å². The Bertz CT molecular complexity index is 1130. The lowest BCUT2D eigenvalue weighted by Crippen LogP contribution is -2.14. The van der Waals surface area contributed by atoms with Crippen molar-refractivity contribution in [2.24, 2.45) is 0 Å². The van der Waals surface area contributed by atoms with Gasteiger partial charge in [0.2, 0.25) is 0 Å². The van der Waals surface area contributed by atoms with Gasteiger partial charge in [-0.25, -0.2) is 13.4 Å². The first-order chi connectivity index (χ1) is 13.3. The predicted molar refractivity (Wildman–Crippen MR) is 105 cm³/mol. The number of aryl methyl sites for hydroxylation is 1. The highest BCUT2D eigenvalue weighted by atomic mass is 32.2. The Morgan fingerprint density at radius 1 is 1.18 bits per heavy atom. The van der Waals surface area contributed by atoms with Crippen LogP contribution < -0.4 is 10.0 Å². The van der Waals surface area contributed by atoms with E-state index in [4.69, 9.17) is 0 Å². The molecule has 0 saturated carbocycles. The van der Waals surface area contributed by atoms with Gasteiger partial charge >= 0.3 is 0 Å². The maximum absolute atomic E-state index is 12.5. The van der Waals surface area contributed by atoms with Crippen LogP contribution in [0.5, 0.6) is 0 Å². The number of anilines is 2. The van der Waals surface area contributed by atoms with Gasteiger partial charge in [0.15, 0.2) is 5.13 Å². The third-order valence-corrected chi connectivity index (χ3v) is 5.81. The van der Waals surface area contributed by atoms with E-state index >= 15 is 0 Å². The Morgan fingerprint density at radius 2 is 1.89 bits per heavy atom. The molecule has 9 nitrogen and oxygen atoms in total. The fourth-order valence-electron chi connectivity index (χ4n) is 2.31. The van der Waals surface area contributed by atoms with Gasteiger partial charge in [-0.2, -0.15) is 0 Å². The van der Waals surface area contributed by atoms with Gasteiger partial charge in [-0.3, -0.25) is 24.9 Å². The molecule has 0 unspecified atom stereocenters. The van der Waals surface area contributed by atoms with E-state index < -0.39 is 14.9 Å². The number of thiazole rings is 1. The maximum Gasteiger partial charge on any atom is 0.273 e. The number of nitrogens with one attached hydrogen (secondary N) is 2. The highest BCUT2D eigenvalue weighted by Gasteiger charge is 2.20. The zero-order chi connectivity index (χ0) is 20.3. The number of carbonyl (C=O) groups is 1. The highest BCUT2D eigenvalue weighted by Crippen LogP contribution is 2.24. The molecule has 0 atom stereocenters. The third-order valence-electron chi connectivity index (χ3n) is 3.74. The van der Waals surface area contributed by atoms with Gasteiger partial charge in [0, 0.05) is 34.5 Å². The van der Waals surface area contributed by atoms with Crippen LogP contribution in [0.25, 0.3) is 0 Å². The molecule has 11 heteroatoms. The van der Waals surface area contributed by atoms with Crippen LogP contribution >= 0.6 is 11.3 Å². The Kier molecular flexibility index (Phi) is 5.38. The van der Waals surface area contributed by atoms with Crippen LogP contribution in [0, 0.1) is 17.0 Å². The molecule has 3 rings (SSSR count). The molecule has 0 radical (unpaired) electrons. The molecule has 0 saturated heterocycles. The molecule has 3 aromatic rings. The first-order valence-electron chi connectivity index (χ1n) is 7.85. The standard InChI is InChI=1S/C17H14N4O5S2/c1-11-2-7-14(10-15(11)21(23)24)28(25,26)20-13-5-3-12(4-6-13)16(22)19-17-18-8-9-27-17/h2-10,20H,1H3,(H,18,19,22). The first kappa shape index (κ1) is 19.5. The van der Waals surface area contributed by atoms with Crippen LogP contribution in [0.2, 0.25) is 0 Å². The number of aromatic nitrogens is 1. The highest BCUT2D eigenvalue weighted by molar-refractivity contribution is 7.92. The number of rotatable bonds is 6. The number of carbonyl (C=O) groups excluding carboxylic acids is 1. The lowest BCUT2D eigenvalue weighted by Gasteiger charge is -2.09. The van der Waals surface area contributed by atoms with E-state index in [1.54, 1.807) is 11.6 Å². The number of amides is 1. The Hall–Kier alpha value is -3.31. The molecule has 0 aliphatic heterocycles. The summed E-state index contributed by atoms with van der Waals surface area (Å²) in [4.78, 5) is 26.2. The largest absolute Gasteiger partial charge is 0.298 e. The summed E-state index contributed by atoms with van der Waals surface area (Å²) in [6.45, 7) is 1.53. The molecule has 2 aromatic carbocycles. The summed E-state index contributed by atoms with van der Waals surface area (Å²) >= 11 is 1.28. The Labute approximate surface area is 164 Å². The fraction of sp³-hybridized carbons (Fsp3) is 0.0588. The average molecular weight is 418 g/mol. The zero-order valence-corrected chi connectivity index (χ0v) is 16.1. The molecular weight excluding hydrogens is 404 g/mol. The lowest BCUT2D eigenvalue weighted by molar-refractivity contribution is -0.385. The molecule has 0 aliphatic rings. The second kappa shape index (κ2) is 7.74. The van der Waals surface area contributed by atoms with Gasteiger partial charge in [0.1, 0.15) is 0 Å². The molecular formula is C17H14N4O5S2. The van der Waals surface area contributed by atoms with E-state index in [9.17, 15) is 23.3 Å². The van der Waals surface area contributed by atoms with Gasteiger partial charge in [0.05, 0.1) is 9.82 Å². The van der Waals surface area contributed by atoms with Gasteiger partial charge in [-0.15, -0.1) is 11.3 Å². The topological polar surface area (TPSA) is 131 Å². The summed E-state index contributed by atoms with van der Waals surface area (Å²) in [5.41, 5.74) is 0.620. The van der Waals surface area contributed by atoms with E-state index in [1.165, 1.54) is 54.7 Å². The van der Waals surface area contributed by atoms with Crippen molar-refractivity contribution in [1.29, 1.82) is 0 Å². The Balaban J connectivity index is 1.77. The van der Waals surface area contributed by atoms with Crippen LogP contribution in [-0.4, -0.2) is 24.2 Å². The molecule has 0 fully saturated rings.